The summed E-state index contributed by atoms with van der Waals surface area (Å²) < 4.78 is 13.6. The molecule has 6 aromatic rings. The molecule has 0 bridgehead atoms. The van der Waals surface area contributed by atoms with Crippen LogP contribution in [-0.2, 0) is 5.75 Å². The Bertz CT molecular complexity index is 1580. The van der Waals surface area contributed by atoms with Crippen LogP contribution in [0.1, 0.15) is 17.0 Å². The molecule has 4 aromatic heterocycles. The Hall–Kier alpha value is -3.91. The fraction of sp³-hybridized carbons (Fsp3) is 0.120. The zero-order valence-corrected chi connectivity index (χ0v) is 18.8. The van der Waals surface area contributed by atoms with Gasteiger partial charge in [0.1, 0.15) is 5.76 Å². The van der Waals surface area contributed by atoms with Crippen molar-refractivity contribution >= 4 is 28.3 Å². The summed E-state index contributed by atoms with van der Waals surface area (Å²) >= 11 is 1.54. The number of thioether (sulfide) groups is 1. The fourth-order valence-electron chi connectivity index (χ4n) is 3.74. The van der Waals surface area contributed by atoms with Crippen molar-refractivity contribution in [2.45, 2.75) is 24.8 Å². The van der Waals surface area contributed by atoms with Gasteiger partial charge in [0, 0.05) is 16.7 Å². The van der Waals surface area contributed by atoms with E-state index in [1.54, 1.807) is 6.26 Å². The second-order valence-electron chi connectivity index (χ2n) is 7.75. The zero-order chi connectivity index (χ0) is 22.4. The van der Waals surface area contributed by atoms with Gasteiger partial charge in [-0.15, -0.1) is 10.2 Å². The third-order valence-electron chi connectivity index (χ3n) is 5.49. The van der Waals surface area contributed by atoms with Crippen LogP contribution in [0.3, 0.4) is 0 Å². The minimum absolute atomic E-state index is 0.590. The Balaban J connectivity index is 1.38. The summed E-state index contributed by atoms with van der Waals surface area (Å²) in [6.45, 7) is 4.00. The van der Waals surface area contributed by atoms with E-state index in [4.69, 9.17) is 18.8 Å². The van der Waals surface area contributed by atoms with E-state index in [-0.39, 0.29) is 0 Å². The Morgan fingerprint density at radius 1 is 0.909 bits per heavy atom. The summed E-state index contributed by atoms with van der Waals surface area (Å²) in [6.07, 6.45) is 1.64. The number of benzene rings is 2. The summed E-state index contributed by atoms with van der Waals surface area (Å²) in [5, 5.41) is 10.6. The van der Waals surface area contributed by atoms with E-state index < -0.39 is 0 Å². The highest BCUT2D eigenvalue weighted by Gasteiger charge is 2.19. The molecule has 0 aliphatic heterocycles. The number of fused-ring (bicyclic) bond motifs is 3. The molecule has 0 fully saturated rings. The number of rotatable bonds is 5. The second-order valence-corrected chi connectivity index (χ2v) is 8.69. The number of furan rings is 1. The van der Waals surface area contributed by atoms with Crippen LogP contribution in [-0.4, -0.2) is 24.6 Å². The number of nitrogens with zero attached hydrogens (tertiary/aromatic N) is 5. The Morgan fingerprint density at radius 3 is 2.58 bits per heavy atom. The average Bonchev–Trinajstić information content (AvgIpc) is 3.58. The van der Waals surface area contributed by atoms with E-state index >= 15 is 0 Å². The summed E-state index contributed by atoms with van der Waals surface area (Å²) in [5.74, 6) is 3.33. The van der Waals surface area contributed by atoms with Gasteiger partial charge in [0.2, 0.25) is 5.89 Å². The third-order valence-corrected chi connectivity index (χ3v) is 6.43. The first-order valence-electron chi connectivity index (χ1n) is 10.5. The molecule has 0 amide bonds. The van der Waals surface area contributed by atoms with Crippen molar-refractivity contribution in [2.24, 2.45) is 0 Å². The molecule has 2 aromatic carbocycles. The highest BCUT2D eigenvalue weighted by molar-refractivity contribution is 7.98. The molecule has 4 heterocycles. The van der Waals surface area contributed by atoms with Crippen LogP contribution >= 0.6 is 11.8 Å². The lowest BCUT2D eigenvalue weighted by atomic mass is 10.1. The van der Waals surface area contributed by atoms with Gasteiger partial charge in [-0.1, -0.05) is 41.6 Å². The van der Waals surface area contributed by atoms with Gasteiger partial charge in [0.05, 0.1) is 17.5 Å². The van der Waals surface area contributed by atoms with Crippen LogP contribution in [0.2, 0.25) is 0 Å². The lowest BCUT2D eigenvalue weighted by Gasteiger charge is -2.07. The van der Waals surface area contributed by atoms with Crippen LogP contribution in [0.25, 0.3) is 39.6 Å². The van der Waals surface area contributed by atoms with Gasteiger partial charge in [-0.05, 0) is 50.2 Å². The number of para-hydroxylation sites is 1. The minimum Gasteiger partial charge on any atom is -0.461 e. The maximum absolute atomic E-state index is 5.94. The Kier molecular flexibility index (Phi) is 4.73. The molecule has 162 valence electrons. The van der Waals surface area contributed by atoms with E-state index in [2.05, 4.69) is 29.3 Å². The first-order valence-corrected chi connectivity index (χ1v) is 11.5. The van der Waals surface area contributed by atoms with E-state index in [1.807, 2.05) is 59.9 Å². The molecule has 8 heteroatoms. The predicted molar refractivity (Wildman–Crippen MR) is 127 cm³/mol. The second kappa shape index (κ2) is 7.90. The third kappa shape index (κ3) is 3.48. The van der Waals surface area contributed by atoms with Gasteiger partial charge in [0.25, 0.3) is 0 Å². The first-order chi connectivity index (χ1) is 16.2. The number of hydrogen-bond donors (Lipinski definition) is 0. The number of aromatic nitrogens is 5. The van der Waals surface area contributed by atoms with Crippen molar-refractivity contribution < 1.29 is 8.83 Å². The molecule has 0 N–H and O–H groups in total. The maximum atomic E-state index is 5.94. The molecular weight excluding hydrogens is 434 g/mol. The number of hydrogen-bond acceptors (Lipinski definition) is 7. The minimum atomic E-state index is 0.590. The molecule has 0 aliphatic carbocycles. The molecular formula is C25H19N5O2S. The van der Waals surface area contributed by atoms with Crippen molar-refractivity contribution in [3.8, 4) is 23.0 Å². The SMILES string of the molecule is Cc1ccc(-c2nc(CSc3nnc4c5ccccc5nc(-c5ccco5)n34)c(C)o2)cc1. The highest BCUT2D eigenvalue weighted by atomic mass is 32.2. The van der Waals surface area contributed by atoms with Crippen molar-refractivity contribution in [3.05, 3.63) is 83.9 Å². The Labute approximate surface area is 193 Å². The van der Waals surface area contributed by atoms with Gasteiger partial charge >= 0.3 is 0 Å². The van der Waals surface area contributed by atoms with Crippen LogP contribution in [0.5, 0.6) is 0 Å². The van der Waals surface area contributed by atoms with Crippen LogP contribution in [0.4, 0.5) is 0 Å². The number of oxazole rings is 1. The van der Waals surface area contributed by atoms with Crippen molar-refractivity contribution in [3.63, 3.8) is 0 Å². The van der Waals surface area contributed by atoms with E-state index in [0.717, 1.165) is 33.6 Å². The van der Waals surface area contributed by atoms with Crippen molar-refractivity contribution in [2.75, 3.05) is 0 Å². The van der Waals surface area contributed by atoms with Crippen LogP contribution in [0, 0.1) is 13.8 Å². The molecule has 0 unspecified atom stereocenters. The largest absolute Gasteiger partial charge is 0.461 e. The van der Waals surface area contributed by atoms with E-state index in [1.165, 1.54) is 17.3 Å². The monoisotopic (exact) mass is 453 g/mol. The van der Waals surface area contributed by atoms with Crippen LogP contribution in [0.15, 0.2) is 80.9 Å². The molecule has 33 heavy (non-hydrogen) atoms. The normalized spacial score (nSPS) is 11.6. The van der Waals surface area contributed by atoms with Crippen molar-refractivity contribution in [1.82, 2.24) is 24.6 Å². The topological polar surface area (TPSA) is 82.2 Å². The van der Waals surface area contributed by atoms with Crippen LogP contribution < -0.4 is 0 Å². The first kappa shape index (κ1) is 19.8. The molecule has 0 aliphatic rings. The fourth-order valence-corrected chi connectivity index (χ4v) is 4.67. The highest BCUT2D eigenvalue weighted by Crippen LogP contribution is 2.31. The van der Waals surface area contributed by atoms with Gasteiger partial charge in [0.15, 0.2) is 22.4 Å². The Morgan fingerprint density at radius 2 is 1.76 bits per heavy atom. The summed E-state index contributed by atoms with van der Waals surface area (Å²) in [5.41, 5.74) is 4.62. The van der Waals surface area contributed by atoms with Gasteiger partial charge in [-0.2, -0.15) is 0 Å². The summed E-state index contributed by atoms with van der Waals surface area (Å²) in [6, 6.07) is 19.8. The van der Waals surface area contributed by atoms with Crippen molar-refractivity contribution in [1.29, 1.82) is 0 Å². The molecule has 0 radical (unpaired) electrons. The molecule has 0 spiro atoms. The quantitative estimate of drug-likeness (QED) is 0.292. The maximum Gasteiger partial charge on any atom is 0.226 e. The zero-order valence-electron chi connectivity index (χ0n) is 18.0. The number of aryl methyl sites for hydroxylation is 2. The molecule has 0 atom stereocenters. The summed E-state index contributed by atoms with van der Waals surface area (Å²) in [4.78, 5) is 9.58. The smallest absolute Gasteiger partial charge is 0.226 e. The lowest BCUT2D eigenvalue weighted by Crippen LogP contribution is -1.99. The molecule has 6 rings (SSSR count). The predicted octanol–water partition coefficient (Wildman–Crippen LogP) is 6.10. The van der Waals surface area contributed by atoms with Gasteiger partial charge in [-0.25, -0.2) is 9.97 Å². The van der Waals surface area contributed by atoms with Gasteiger partial charge < -0.3 is 8.83 Å². The van der Waals surface area contributed by atoms with E-state index in [9.17, 15) is 0 Å². The molecule has 0 saturated heterocycles. The average molecular weight is 454 g/mol. The van der Waals surface area contributed by atoms with E-state index in [0.29, 0.717) is 28.4 Å². The lowest BCUT2D eigenvalue weighted by molar-refractivity contribution is 0.540. The standard InChI is InChI=1S/C25H19N5O2S/c1-15-9-11-17(12-10-15)24-27-20(16(2)32-24)14-33-25-29-28-22-18-6-3-4-7-19(18)26-23(30(22)25)21-8-5-13-31-21/h3-13H,14H2,1-2H3. The molecule has 7 nitrogen and oxygen atoms in total. The summed E-state index contributed by atoms with van der Waals surface area (Å²) in [7, 11) is 0. The molecule has 0 saturated carbocycles. The van der Waals surface area contributed by atoms with Gasteiger partial charge in [-0.3, -0.25) is 4.40 Å².